The van der Waals surface area contributed by atoms with Crippen LogP contribution in [0.4, 0.5) is 0 Å². The molecule has 1 N–H and O–H groups in total. The standard InChI is InChI=1S/C21H30N4O/c1-25-20-18(13-16(14-22-20)12-15-8-4-2-5-9-15)19(24-25)21(26)23-17-10-6-3-7-11-17/h13-15,17H,2-12H2,1H3,(H,23,26). The molecule has 0 saturated heterocycles. The zero-order valence-electron chi connectivity index (χ0n) is 15.8. The third kappa shape index (κ3) is 3.76. The first-order valence-electron chi connectivity index (χ1n) is 10.3. The van der Waals surface area contributed by atoms with E-state index < -0.39 is 0 Å². The van der Waals surface area contributed by atoms with Crippen molar-refractivity contribution in [3.8, 4) is 0 Å². The van der Waals surface area contributed by atoms with Crippen LogP contribution in [-0.2, 0) is 13.5 Å². The molecule has 2 aliphatic rings. The van der Waals surface area contributed by atoms with E-state index >= 15 is 0 Å². The van der Waals surface area contributed by atoms with Crippen molar-refractivity contribution in [2.45, 2.75) is 76.7 Å². The van der Waals surface area contributed by atoms with Gasteiger partial charge in [-0.05, 0) is 36.8 Å². The highest BCUT2D eigenvalue weighted by Crippen LogP contribution is 2.28. The van der Waals surface area contributed by atoms with Crippen LogP contribution in [0.2, 0.25) is 0 Å². The highest BCUT2D eigenvalue weighted by molar-refractivity contribution is 6.04. The van der Waals surface area contributed by atoms with Gasteiger partial charge in [0.05, 0.1) is 5.39 Å². The number of carbonyl (C=O) groups excluding carboxylic acids is 1. The maximum atomic E-state index is 12.8. The van der Waals surface area contributed by atoms with Crippen LogP contribution in [0, 0.1) is 5.92 Å². The molecule has 0 aromatic carbocycles. The van der Waals surface area contributed by atoms with Crippen molar-refractivity contribution in [2.75, 3.05) is 0 Å². The number of hydrogen-bond acceptors (Lipinski definition) is 3. The Bertz CT molecular complexity index is 770. The zero-order valence-corrected chi connectivity index (χ0v) is 15.8. The second-order valence-corrected chi connectivity index (χ2v) is 8.20. The molecule has 0 atom stereocenters. The summed E-state index contributed by atoms with van der Waals surface area (Å²) in [6.07, 6.45) is 15.6. The molecule has 1 amide bonds. The van der Waals surface area contributed by atoms with Crippen molar-refractivity contribution in [1.29, 1.82) is 0 Å². The SMILES string of the molecule is Cn1nc(C(=O)NC2CCCCC2)c2cc(CC3CCCCC3)cnc21. The highest BCUT2D eigenvalue weighted by Gasteiger charge is 2.22. The highest BCUT2D eigenvalue weighted by atomic mass is 16.2. The largest absolute Gasteiger partial charge is 0.348 e. The van der Waals surface area contributed by atoms with Crippen LogP contribution in [0.5, 0.6) is 0 Å². The summed E-state index contributed by atoms with van der Waals surface area (Å²) in [5, 5.41) is 8.58. The molecule has 0 spiro atoms. The molecule has 0 aliphatic heterocycles. The van der Waals surface area contributed by atoms with E-state index in [1.807, 2.05) is 13.2 Å². The van der Waals surface area contributed by atoms with Crippen molar-refractivity contribution in [2.24, 2.45) is 13.0 Å². The van der Waals surface area contributed by atoms with E-state index in [9.17, 15) is 4.79 Å². The van der Waals surface area contributed by atoms with Gasteiger partial charge in [0.15, 0.2) is 11.3 Å². The molecule has 2 aromatic heterocycles. The van der Waals surface area contributed by atoms with Gasteiger partial charge in [0.2, 0.25) is 0 Å². The van der Waals surface area contributed by atoms with Crippen molar-refractivity contribution >= 4 is 16.9 Å². The minimum Gasteiger partial charge on any atom is -0.348 e. The van der Waals surface area contributed by atoms with Crippen LogP contribution in [0.1, 0.15) is 80.3 Å². The van der Waals surface area contributed by atoms with Gasteiger partial charge in [0.25, 0.3) is 5.91 Å². The molecule has 5 nitrogen and oxygen atoms in total. The lowest BCUT2D eigenvalue weighted by molar-refractivity contribution is 0.0923. The third-order valence-corrected chi connectivity index (χ3v) is 6.14. The molecule has 2 heterocycles. The minimum atomic E-state index is -0.0425. The summed E-state index contributed by atoms with van der Waals surface area (Å²) in [5.74, 6) is 0.721. The lowest BCUT2D eigenvalue weighted by Crippen LogP contribution is -2.36. The first-order valence-corrected chi connectivity index (χ1v) is 10.3. The summed E-state index contributed by atoms with van der Waals surface area (Å²) in [5.41, 5.74) is 2.57. The smallest absolute Gasteiger partial charge is 0.272 e. The van der Waals surface area contributed by atoms with Crippen molar-refractivity contribution in [3.63, 3.8) is 0 Å². The Morgan fingerprint density at radius 3 is 2.54 bits per heavy atom. The number of amides is 1. The van der Waals surface area contributed by atoms with Gasteiger partial charge in [-0.25, -0.2) is 9.67 Å². The Labute approximate surface area is 155 Å². The van der Waals surface area contributed by atoms with Gasteiger partial charge in [-0.3, -0.25) is 4.79 Å². The number of fused-ring (bicyclic) bond motifs is 1. The summed E-state index contributed by atoms with van der Waals surface area (Å²) in [7, 11) is 1.87. The van der Waals surface area contributed by atoms with Crippen LogP contribution >= 0.6 is 0 Å². The van der Waals surface area contributed by atoms with Crippen molar-refractivity contribution in [3.05, 3.63) is 23.5 Å². The molecule has 4 rings (SSSR count). The van der Waals surface area contributed by atoms with E-state index in [1.54, 1.807) is 4.68 Å². The second-order valence-electron chi connectivity index (χ2n) is 8.20. The summed E-state index contributed by atoms with van der Waals surface area (Å²) in [6, 6.07) is 2.45. The topological polar surface area (TPSA) is 59.8 Å². The maximum Gasteiger partial charge on any atom is 0.272 e. The number of hydrogen-bond donors (Lipinski definition) is 1. The average Bonchev–Trinajstić information content (AvgIpc) is 3.00. The molecule has 5 heteroatoms. The fourth-order valence-corrected chi connectivity index (χ4v) is 4.69. The number of aryl methyl sites for hydroxylation is 1. The van der Waals surface area contributed by atoms with E-state index in [0.717, 1.165) is 36.2 Å². The van der Waals surface area contributed by atoms with Crippen molar-refractivity contribution in [1.82, 2.24) is 20.1 Å². The van der Waals surface area contributed by atoms with Crippen molar-refractivity contribution < 1.29 is 4.79 Å². The van der Waals surface area contributed by atoms with E-state index in [0.29, 0.717) is 11.7 Å². The first kappa shape index (κ1) is 17.5. The number of carbonyl (C=O) groups is 1. The Morgan fingerprint density at radius 2 is 1.81 bits per heavy atom. The van der Waals surface area contributed by atoms with E-state index in [1.165, 1.54) is 56.9 Å². The molecule has 0 radical (unpaired) electrons. The molecular formula is C21H30N4O. The molecule has 2 fully saturated rings. The number of rotatable bonds is 4. The van der Waals surface area contributed by atoms with E-state index in [4.69, 9.17) is 0 Å². The van der Waals surface area contributed by atoms with Gasteiger partial charge in [-0.1, -0.05) is 51.4 Å². The molecule has 26 heavy (non-hydrogen) atoms. The molecule has 140 valence electrons. The molecule has 2 aliphatic carbocycles. The van der Waals surface area contributed by atoms with E-state index in [2.05, 4.69) is 21.5 Å². The van der Waals surface area contributed by atoms with Crippen LogP contribution in [-0.4, -0.2) is 26.7 Å². The monoisotopic (exact) mass is 354 g/mol. The van der Waals surface area contributed by atoms with Gasteiger partial charge in [0.1, 0.15) is 0 Å². The Balaban J connectivity index is 1.55. The minimum absolute atomic E-state index is 0.0425. The molecular weight excluding hydrogens is 324 g/mol. The number of aromatic nitrogens is 3. The maximum absolute atomic E-state index is 12.8. The fourth-order valence-electron chi connectivity index (χ4n) is 4.69. The predicted octanol–water partition coefficient (Wildman–Crippen LogP) is 4.15. The molecule has 0 unspecified atom stereocenters. The number of nitrogens with one attached hydrogen (secondary N) is 1. The molecule has 2 saturated carbocycles. The normalized spacial score (nSPS) is 19.7. The Kier molecular flexibility index (Phi) is 5.23. The summed E-state index contributed by atoms with van der Waals surface area (Å²) >= 11 is 0. The van der Waals surface area contributed by atoms with Crippen LogP contribution in [0.25, 0.3) is 11.0 Å². The fraction of sp³-hybridized carbons (Fsp3) is 0.667. The lowest BCUT2D eigenvalue weighted by atomic mass is 9.85. The van der Waals surface area contributed by atoms with Crippen LogP contribution in [0.3, 0.4) is 0 Å². The number of nitrogens with zero attached hydrogens (tertiary/aromatic N) is 3. The Hall–Kier alpha value is -1.91. The van der Waals surface area contributed by atoms with Gasteiger partial charge in [-0.2, -0.15) is 5.10 Å². The number of pyridine rings is 1. The van der Waals surface area contributed by atoms with Gasteiger partial charge >= 0.3 is 0 Å². The summed E-state index contributed by atoms with van der Waals surface area (Å²) < 4.78 is 1.73. The summed E-state index contributed by atoms with van der Waals surface area (Å²) in [6.45, 7) is 0. The van der Waals surface area contributed by atoms with E-state index in [-0.39, 0.29) is 5.91 Å². The first-order chi connectivity index (χ1) is 12.7. The molecule has 0 bridgehead atoms. The average molecular weight is 354 g/mol. The van der Waals surface area contributed by atoms with Crippen LogP contribution in [0.15, 0.2) is 12.3 Å². The summed E-state index contributed by atoms with van der Waals surface area (Å²) in [4.78, 5) is 17.4. The zero-order chi connectivity index (χ0) is 17.9. The van der Waals surface area contributed by atoms with Crippen LogP contribution < -0.4 is 5.32 Å². The molecule has 2 aromatic rings. The Morgan fingerprint density at radius 1 is 1.12 bits per heavy atom. The lowest BCUT2D eigenvalue weighted by Gasteiger charge is -2.22. The quantitative estimate of drug-likeness (QED) is 0.897. The van der Waals surface area contributed by atoms with Gasteiger partial charge in [-0.15, -0.1) is 0 Å². The third-order valence-electron chi connectivity index (χ3n) is 6.14. The second kappa shape index (κ2) is 7.77. The van der Waals surface area contributed by atoms with Gasteiger partial charge < -0.3 is 5.32 Å². The predicted molar refractivity (Wildman–Crippen MR) is 103 cm³/mol. The van der Waals surface area contributed by atoms with Gasteiger partial charge in [0, 0.05) is 19.3 Å².